The molecule has 9 heteroatoms. The lowest BCUT2D eigenvalue weighted by atomic mass is 10.00. The first-order valence-corrected chi connectivity index (χ1v) is 13.8. The van der Waals surface area contributed by atoms with Gasteiger partial charge in [0.05, 0.1) is 11.3 Å². The predicted octanol–water partition coefficient (Wildman–Crippen LogP) is 6.40. The van der Waals surface area contributed by atoms with Gasteiger partial charge in [-0.25, -0.2) is 8.60 Å². The van der Waals surface area contributed by atoms with E-state index in [-0.39, 0.29) is 23.7 Å². The molecule has 1 aliphatic rings. The average Bonchev–Trinajstić information content (AvgIpc) is 3.62. The zero-order valence-electron chi connectivity index (χ0n) is 20.2. The van der Waals surface area contributed by atoms with Crippen molar-refractivity contribution in [2.75, 3.05) is 10.8 Å². The number of furan rings is 1. The van der Waals surface area contributed by atoms with Crippen LogP contribution in [-0.4, -0.2) is 21.2 Å². The SMILES string of the molecule is Cc1cc(Br)ccc1CCN(c1cc2oc(Cc3ccc(F)cc3)c(C(N)=O)c2cc1C1CC1)S(=O)O. The molecule has 37 heavy (non-hydrogen) atoms. The first kappa shape index (κ1) is 25.6. The summed E-state index contributed by atoms with van der Waals surface area (Å²) in [7, 11) is 0. The van der Waals surface area contributed by atoms with Crippen molar-refractivity contribution in [3.63, 3.8) is 0 Å². The number of primary amides is 1. The van der Waals surface area contributed by atoms with Crippen LogP contribution in [0.25, 0.3) is 11.0 Å². The van der Waals surface area contributed by atoms with E-state index >= 15 is 0 Å². The predicted molar refractivity (Wildman–Crippen MR) is 147 cm³/mol. The van der Waals surface area contributed by atoms with Crippen LogP contribution >= 0.6 is 15.9 Å². The van der Waals surface area contributed by atoms with Gasteiger partial charge in [-0.2, -0.15) is 0 Å². The highest BCUT2D eigenvalue weighted by atomic mass is 79.9. The molecule has 3 aromatic carbocycles. The number of carbonyl (C=O) groups is 1. The van der Waals surface area contributed by atoms with Crippen LogP contribution in [0, 0.1) is 12.7 Å². The quantitative estimate of drug-likeness (QED) is 0.222. The molecule has 1 unspecified atom stereocenters. The minimum atomic E-state index is -2.27. The second kappa shape index (κ2) is 10.4. The number of nitrogens with two attached hydrogens (primary N) is 1. The largest absolute Gasteiger partial charge is 0.460 e. The Labute approximate surface area is 225 Å². The Bertz CT molecular complexity index is 1520. The van der Waals surface area contributed by atoms with Gasteiger partial charge in [0.25, 0.3) is 17.2 Å². The van der Waals surface area contributed by atoms with E-state index in [1.54, 1.807) is 18.2 Å². The van der Waals surface area contributed by atoms with E-state index in [9.17, 15) is 17.9 Å². The minimum absolute atomic E-state index is 0.232. The zero-order valence-corrected chi connectivity index (χ0v) is 22.6. The first-order chi connectivity index (χ1) is 17.7. The van der Waals surface area contributed by atoms with Crippen LogP contribution in [0.4, 0.5) is 10.1 Å². The number of hydrogen-bond acceptors (Lipinski definition) is 3. The summed E-state index contributed by atoms with van der Waals surface area (Å²) >= 11 is 1.21. The number of amides is 1. The van der Waals surface area contributed by atoms with E-state index in [4.69, 9.17) is 10.2 Å². The van der Waals surface area contributed by atoms with Gasteiger partial charge in [0.2, 0.25) is 0 Å². The molecule has 4 aromatic rings. The lowest BCUT2D eigenvalue weighted by molar-refractivity contribution is 0.1000. The van der Waals surface area contributed by atoms with Gasteiger partial charge in [0.15, 0.2) is 0 Å². The van der Waals surface area contributed by atoms with E-state index in [0.717, 1.165) is 39.6 Å². The Balaban J connectivity index is 1.55. The number of rotatable bonds is 9. The van der Waals surface area contributed by atoms with Gasteiger partial charge in [-0.05, 0) is 84.7 Å². The fourth-order valence-electron chi connectivity index (χ4n) is 4.76. The molecule has 6 nitrogen and oxygen atoms in total. The van der Waals surface area contributed by atoms with E-state index in [2.05, 4.69) is 15.9 Å². The average molecular weight is 585 g/mol. The molecule has 0 aliphatic heterocycles. The number of hydrogen-bond donors (Lipinski definition) is 2. The molecule has 3 N–H and O–H groups in total. The molecule has 1 heterocycles. The standard InChI is InChI=1S/C28H26BrFN2O4S/c1-16-12-20(29)7-6-18(16)10-11-32(37(34)35)24-15-25-23(14-22(24)19-4-5-19)27(28(31)33)26(36-25)13-17-2-8-21(30)9-3-17/h2-3,6-9,12,14-15,19H,4-5,10-11,13H2,1H3,(H2,31,33)(H,34,35). The van der Waals surface area contributed by atoms with E-state index < -0.39 is 17.2 Å². The molecule has 0 spiro atoms. The third-order valence-electron chi connectivity index (χ3n) is 6.80. The van der Waals surface area contributed by atoms with Gasteiger partial charge in [0.1, 0.15) is 17.2 Å². The van der Waals surface area contributed by atoms with Crippen molar-refractivity contribution in [3.8, 4) is 0 Å². The smallest absolute Gasteiger partial charge is 0.261 e. The summed E-state index contributed by atoms with van der Waals surface area (Å²) in [6, 6.07) is 15.6. The summed E-state index contributed by atoms with van der Waals surface area (Å²) < 4.78 is 44.7. The van der Waals surface area contributed by atoms with Gasteiger partial charge in [0, 0.05) is 28.9 Å². The molecule has 0 saturated heterocycles. The number of carbonyl (C=O) groups excluding carboxylic acids is 1. The maximum absolute atomic E-state index is 13.4. The van der Waals surface area contributed by atoms with Gasteiger partial charge >= 0.3 is 0 Å². The normalized spacial score (nSPS) is 14.2. The van der Waals surface area contributed by atoms with Crippen molar-refractivity contribution in [3.05, 3.63) is 98.5 Å². The van der Waals surface area contributed by atoms with Crippen LogP contribution in [-0.2, 0) is 24.1 Å². The summed E-state index contributed by atoms with van der Waals surface area (Å²) in [4.78, 5) is 12.5. The van der Waals surface area contributed by atoms with Crippen LogP contribution in [0.15, 0.2) is 63.5 Å². The topological polar surface area (TPSA) is 96.8 Å². The third kappa shape index (κ3) is 5.49. The Hall–Kier alpha value is -3.01. The summed E-state index contributed by atoms with van der Waals surface area (Å²) in [5, 5.41) is 0.586. The van der Waals surface area contributed by atoms with Crippen LogP contribution in [0.1, 0.15) is 57.1 Å². The van der Waals surface area contributed by atoms with Gasteiger partial charge in [-0.15, -0.1) is 0 Å². The minimum Gasteiger partial charge on any atom is -0.460 e. The maximum atomic E-state index is 13.4. The highest BCUT2D eigenvalue weighted by Gasteiger charge is 2.32. The zero-order chi connectivity index (χ0) is 26.3. The second-order valence-electron chi connectivity index (χ2n) is 9.40. The molecule has 1 aromatic heterocycles. The first-order valence-electron chi connectivity index (χ1n) is 12.0. The molecule has 1 saturated carbocycles. The highest BCUT2D eigenvalue weighted by molar-refractivity contribution is 9.10. The lowest BCUT2D eigenvalue weighted by Crippen LogP contribution is -2.28. The summed E-state index contributed by atoms with van der Waals surface area (Å²) in [5.74, 6) is -0.345. The van der Waals surface area contributed by atoms with Crippen LogP contribution < -0.4 is 10.0 Å². The third-order valence-corrected chi connectivity index (χ3v) is 8.05. The number of nitrogens with zero attached hydrogens (tertiary/aromatic N) is 1. The number of fused-ring (bicyclic) bond motifs is 1. The number of anilines is 1. The van der Waals surface area contributed by atoms with Crippen molar-refractivity contribution >= 4 is 49.8 Å². The van der Waals surface area contributed by atoms with Gasteiger partial charge in [-0.1, -0.05) is 34.1 Å². The number of halogens is 2. The van der Waals surface area contributed by atoms with Crippen molar-refractivity contribution in [2.24, 2.45) is 5.73 Å². The Morgan fingerprint density at radius 3 is 2.54 bits per heavy atom. The Morgan fingerprint density at radius 1 is 1.19 bits per heavy atom. The fraction of sp³-hybridized carbons (Fsp3) is 0.250. The Kier molecular flexibility index (Phi) is 7.20. The number of benzene rings is 3. The van der Waals surface area contributed by atoms with E-state index in [1.165, 1.54) is 16.4 Å². The number of aryl methyl sites for hydroxylation is 1. The highest BCUT2D eigenvalue weighted by Crippen LogP contribution is 2.47. The molecular formula is C28H26BrFN2O4S. The molecule has 0 radical (unpaired) electrons. The lowest BCUT2D eigenvalue weighted by Gasteiger charge is -2.23. The molecule has 1 atom stereocenters. The summed E-state index contributed by atoms with van der Waals surface area (Å²) in [5.41, 5.74) is 10.9. The van der Waals surface area contributed by atoms with Gasteiger partial charge in [-0.3, -0.25) is 13.7 Å². The molecule has 0 bridgehead atoms. The molecule has 1 fully saturated rings. The molecule has 5 rings (SSSR count). The maximum Gasteiger partial charge on any atom is 0.261 e. The molecular weight excluding hydrogens is 559 g/mol. The van der Waals surface area contributed by atoms with Crippen molar-refractivity contribution in [1.82, 2.24) is 0 Å². The van der Waals surface area contributed by atoms with E-state index in [0.29, 0.717) is 35.4 Å². The molecule has 1 aliphatic carbocycles. The monoisotopic (exact) mass is 584 g/mol. The Morgan fingerprint density at radius 2 is 1.92 bits per heavy atom. The van der Waals surface area contributed by atoms with Crippen molar-refractivity contribution < 1.29 is 22.4 Å². The molecule has 192 valence electrons. The fourth-order valence-corrected chi connectivity index (χ4v) is 5.81. The van der Waals surface area contributed by atoms with Gasteiger partial charge < -0.3 is 10.2 Å². The van der Waals surface area contributed by atoms with E-state index in [1.807, 2.05) is 31.2 Å². The van der Waals surface area contributed by atoms with Crippen LogP contribution in [0.2, 0.25) is 0 Å². The van der Waals surface area contributed by atoms with Crippen molar-refractivity contribution in [2.45, 2.75) is 38.5 Å². The van der Waals surface area contributed by atoms with Crippen LogP contribution in [0.5, 0.6) is 0 Å². The second-order valence-corrected chi connectivity index (χ2v) is 11.2. The summed E-state index contributed by atoms with van der Waals surface area (Å²) in [6.07, 6.45) is 2.76. The molecule has 1 amide bonds. The summed E-state index contributed by atoms with van der Waals surface area (Å²) in [6.45, 7) is 2.33. The van der Waals surface area contributed by atoms with Crippen LogP contribution in [0.3, 0.4) is 0 Å². The van der Waals surface area contributed by atoms with Crippen molar-refractivity contribution in [1.29, 1.82) is 0 Å².